The van der Waals surface area contributed by atoms with Gasteiger partial charge in [-0.05, 0) is 41.0 Å². The van der Waals surface area contributed by atoms with Crippen molar-refractivity contribution in [2.24, 2.45) is 5.16 Å². The number of hydrogen-bond donors (Lipinski definition) is 1. The average molecular weight is 496 g/mol. The van der Waals surface area contributed by atoms with Crippen molar-refractivity contribution in [1.29, 1.82) is 0 Å². The van der Waals surface area contributed by atoms with Crippen LogP contribution in [0.2, 0.25) is 0 Å². The summed E-state index contributed by atoms with van der Waals surface area (Å²) >= 11 is 0. The van der Waals surface area contributed by atoms with Gasteiger partial charge >= 0.3 is 0 Å². The Morgan fingerprint density at radius 2 is 1.38 bits per heavy atom. The molecule has 188 valence electrons. The minimum Gasteiger partial charge on any atom is -0.497 e. The van der Waals surface area contributed by atoms with Crippen LogP contribution in [0.3, 0.4) is 0 Å². The molecule has 0 saturated heterocycles. The summed E-state index contributed by atoms with van der Waals surface area (Å²) in [6.07, 6.45) is 0. The first-order valence-corrected chi connectivity index (χ1v) is 12.1. The Kier molecular flexibility index (Phi) is 7.10. The molecule has 1 N–H and O–H groups in total. The maximum atomic E-state index is 11.1. The second-order valence-corrected chi connectivity index (χ2v) is 9.04. The highest BCUT2D eigenvalue weighted by molar-refractivity contribution is 6.08. The minimum atomic E-state index is -1.52. The number of benzene rings is 4. The fraction of sp³-hybridized carbons (Fsp3) is 0.194. The SMILES string of the molecule is COc1ccc(C2C(c3ccc(OCc4ccccc4)cc3OCc3ccccc3)=NOC2(C)O)cc1. The fourth-order valence-electron chi connectivity index (χ4n) is 4.37. The summed E-state index contributed by atoms with van der Waals surface area (Å²) in [7, 11) is 1.62. The maximum Gasteiger partial charge on any atom is 0.244 e. The van der Waals surface area contributed by atoms with Crippen LogP contribution in [0.4, 0.5) is 0 Å². The molecule has 6 nitrogen and oxygen atoms in total. The molecule has 37 heavy (non-hydrogen) atoms. The quantitative estimate of drug-likeness (QED) is 0.305. The predicted octanol–water partition coefficient (Wildman–Crippen LogP) is 6.08. The predicted molar refractivity (Wildman–Crippen MR) is 142 cm³/mol. The van der Waals surface area contributed by atoms with E-state index in [1.165, 1.54) is 0 Å². The second kappa shape index (κ2) is 10.8. The summed E-state index contributed by atoms with van der Waals surface area (Å²) in [5.74, 6) is -0.0691. The fourth-order valence-corrected chi connectivity index (χ4v) is 4.37. The van der Waals surface area contributed by atoms with Gasteiger partial charge in [0.05, 0.1) is 13.0 Å². The first kappa shape index (κ1) is 24.4. The Morgan fingerprint density at radius 3 is 2.00 bits per heavy atom. The Labute approximate surface area is 216 Å². The highest BCUT2D eigenvalue weighted by Crippen LogP contribution is 2.41. The van der Waals surface area contributed by atoms with Crippen LogP contribution in [0.25, 0.3) is 0 Å². The summed E-state index contributed by atoms with van der Waals surface area (Å²) in [5, 5.41) is 15.4. The molecule has 0 aromatic heterocycles. The van der Waals surface area contributed by atoms with Crippen molar-refractivity contribution < 1.29 is 24.2 Å². The van der Waals surface area contributed by atoms with E-state index in [1.807, 2.05) is 103 Å². The standard InChI is InChI=1S/C31H29NO5/c1-31(33)29(24-13-15-25(34-2)16-14-24)30(32-37-31)27-18-17-26(35-20-22-9-5-3-6-10-22)19-28(27)36-21-23-11-7-4-8-12-23/h3-19,29,33H,20-21H2,1-2H3. The van der Waals surface area contributed by atoms with Crippen molar-refractivity contribution >= 4 is 5.71 Å². The molecule has 1 heterocycles. The largest absolute Gasteiger partial charge is 0.497 e. The topological polar surface area (TPSA) is 69.5 Å². The molecular formula is C31H29NO5. The summed E-state index contributed by atoms with van der Waals surface area (Å²) in [5.41, 5.74) is 4.25. The molecule has 4 aromatic rings. The molecule has 0 aliphatic carbocycles. The molecule has 0 amide bonds. The highest BCUT2D eigenvalue weighted by atomic mass is 16.7. The van der Waals surface area contributed by atoms with E-state index in [4.69, 9.17) is 19.0 Å². The number of methoxy groups -OCH3 is 1. The third-order valence-corrected chi connectivity index (χ3v) is 6.30. The van der Waals surface area contributed by atoms with Crippen LogP contribution in [0.5, 0.6) is 17.2 Å². The third-order valence-electron chi connectivity index (χ3n) is 6.30. The van der Waals surface area contributed by atoms with Crippen molar-refractivity contribution in [2.45, 2.75) is 31.8 Å². The Bertz CT molecular complexity index is 1350. The van der Waals surface area contributed by atoms with Gasteiger partial charge in [-0.25, -0.2) is 0 Å². The molecule has 4 aromatic carbocycles. The summed E-state index contributed by atoms with van der Waals surface area (Å²) in [4.78, 5) is 5.51. The molecule has 2 unspecified atom stereocenters. The lowest BCUT2D eigenvalue weighted by atomic mass is 9.84. The molecule has 1 aliphatic rings. The van der Waals surface area contributed by atoms with Gasteiger partial charge in [0.25, 0.3) is 0 Å². The van der Waals surface area contributed by atoms with E-state index in [0.717, 1.165) is 28.0 Å². The first-order chi connectivity index (χ1) is 18.0. The average Bonchev–Trinajstić information content (AvgIpc) is 3.26. The number of ether oxygens (including phenoxy) is 3. The molecule has 0 radical (unpaired) electrons. The molecule has 0 bridgehead atoms. The molecule has 0 saturated carbocycles. The van der Waals surface area contributed by atoms with E-state index in [2.05, 4.69) is 5.16 Å². The zero-order valence-electron chi connectivity index (χ0n) is 20.8. The normalized spacial score (nSPS) is 18.6. The van der Waals surface area contributed by atoms with Gasteiger partial charge in [0.2, 0.25) is 5.79 Å². The van der Waals surface area contributed by atoms with Gasteiger partial charge in [-0.15, -0.1) is 0 Å². The first-order valence-electron chi connectivity index (χ1n) is 12.1. The van der Waals surface area contributed by atoms with Crippen LogP contribution in [0, 0.1) is 0 Å². The lowest BCUT2D eigenvalue weighted by Crippen LogP contribution is -2.34. The lowest BCUT2D eigenvalue weighted by molar-refractivity contribution is -0.179. The molecule has 6 heteroatoms. The molecule has 1 aliphatic heterocycles. The van der Waals surface area contributed by atoms with Gasteiger partial charge in [-0.3, -0.25) is 0 Å². The smallest absolute Gasteiger partial charge is 0.244 e. The van der Waals surface area contributed by atoms with E-state index in [-0.39, 0.29) is 0 Å². The Morgan fingerprint density at radius 1 is 0.784 bits per heavy atom. The van der Waals surface area contributed by atoms with E-state index in [0.29, 0.717) is 30.4 Å². The van der Waals surface area contributed by atoms with Gasteiger partial charge in [-0.2, -0.15) is 0 Å². The molecule has 2 atom stereocenters. The van der Waals surface area contributed by atoms with Crippen molar-refractivity contribution in [2.75, 3.05) is 7.11 Å². The van der Waals surface area contributed by atoms with Gasteiger partial charge in [-0.1, -0.05) is 78.0 Å². The van der Waals surface area contributed by atoms with E-state index in [9.17, 15) is 5.11 Å². The summed E-state index contributed by atoms with van der Waals surface area (Å²) < 4.78 is 17.7. The van der Waals surface area contributed by atoms with Gasteiger partial charge < -0.3 is 24.2 Å². The zero-order chi connectivity index (χ0) is 25.7. The minimum absolute atomic E-state index is 0.369. The molecule has 0 spiro atoms. The highest BCUT2D eigenvalue weighted by Gasteiger charge is 2.46. The van der Waals surface area contributed by atoms with Gasteiger partial charge in [0, 0.05) is 18.6 Å². The van der Waals surface area contributed by atoms with Crippen LogP contribution >= 0.6 is 0 Å². The number of rotatable bonds is 9. The van der Waals surface area contributed by atoms with Crippen LogP contribution in [-0.4, -0.2) is 23.7 Å². The number of hydrogen-bond acceptors (Lipinski definition) is 6. The van der Waals surface area contributed by atoms with E-state index in [1.54, 1.807) is 14.0 Å². The van der Waals surface area contributed by atoms with Crippen LogP contribution < -0.4 is 14.2 Å². The van der Waals surface area contributed by atoms with Crippen molar-refractivity contribution in [3.05, 3.63) is 125 Å². The number of aliphatic hydroxyl groups is 1. The Hall–Kier alpha value is -4.29. The number of oxime groups is 1. The Balaban J connectivity index is 1.47. The summed E-state index contributed by atoms with van der Waals surface area (Å²) in [6.45, 7) is 2.42. The summed E-state index contributed by atoms with van der Waals surface area (Å²) in [6, 6.07) is 33.1. The van der Waals surface area contributed by atoms with Crippen LogP contribution in [-0.2, 0) is 18.1 Å². The lowest BCUT2D eigenvalue weighted by Gasteiger charge is -2.25. The van der Waals surface area contributed by atoms with E-state index < -0.39 is 11.7 Å². The van der Waals surface area contributed by atoms with Crippen LogP contribution in [0.1, 0.15) is 35.1 Å². The van der Waals surface area contributed by atoms with Gasteiger partial charge in [0.15, 0.2) is 0 Å². The third kappa shape index (κ3) is 5.60. The van der Waals surface area contributed by atoms with E-state index >= 15 is 0 Å². The second-order valence-electron chi connectivity index (χ2n) is 9.04. The molecule has 5 rings (SSSR count). The van der Waals surface area contributed by atoms with Crippen LogP contribution in [0.15, 0.2) is 108 Å². The van der Waals surface area contributed by atoms with Crippen molar-refractivity contribution in [1.82, 2.24) is 0 Å². The van der Waals surface area contributed by atoms with Crippen molar-refractivity contribution in [3.63, 3.8) is 0 Å². The number of nitrogens with zero attached hydrogens (tertiary/aromatic N) is 1. The molecule has 0 fully saturated rings. The van der Waals surface area contributed by atoms with Gasteiger partial charge in [0.1, 0.15) is 36.2 Å². The molecular weight excluding hydrogens is 466 g/mol. The zero-order valence-corrected chi connectivity index (χ0v) is 20.8. The van der Waals surface area contributed by atoms with Crippen molar-refractivity contribution in [3.8, 4) is 17.2 Å². The maximum absolute atomic E-state index is 11.1. The monoisotopic (exact) mass is 495 g/mol.